The standard InChI is InChI=1S/C18H34O3/c1-12(7-10-16(20)17(2,3)21)13-8-9-14-15(19)6-5-11-18(13,14)4/h12-16,19-21H,5-11H2,1-4H3. The minimum Gasteiger partial charge on any atom is -0.393 e. The Bertz CT molecular complexity index is 349. The minimum atomic E-state index is -1.01. The topological polar surface area (TPSA) is 60.7 Å². The molecule has 3 heteroatoms. The number of aliphatic hydroxyl groups is 3. The van der Waals surface area contributed by atoms with Crippen LogP contribution in [0.5, 0.6) is 0 Å². The number of hydrogen-bond donors (Lipinski definition) is 3. The van der Waals surface area contributed by atoms with Gasteiger partial charge in [0.1, 0.15) is 0 Å². The maximum atomic E-state index is 10.3. The van der Waals surface area contributed by atoms with Crippen molar-refractivity contribution in [3.8, 4) is 0 Å². The highest BCUT2D eigenvalue weighted by atomic mass is 16.3. The number of fused-ring (bicyclic) bond motifs is 1. The summed E-state index contributed by atoms with van der Waals surface area (Å²) in [4.78, 5) is 0. The van der Waals surface area contributed by atoms with Gasteiger partial charge in [-0.2, -0.15) is 0 Å². The fourth-order valence-electron chi connectivity index (χ4n) is 5.10. The summed E-state index contributed by atoms with van der Waals surface area (Å²) < 4.78 is 0. The molecule has 0 amide bonds. The quantitative estimate of drug-likeness (QED) is 0.731. The molecule has 0 spiro atoms. The Morgan fingerprint density at radius 3 is 2.48 bits per heavy atom. The predicted octanol–water partition coefficient (Wildman–Crippen LogP) is 3.11. The van der Waals surface area contributed by atoms with Crippen LogP contribution in [0.1, 0.15) is 72.6 Å². The van der Waals surface area contributed by atoms with Crippen molar-refractivity contribution in [3.63, 3.8) is 0 Å². The van der Waals surface area contributed by atoms with Crippen LogP contribution in [0.2, 0.25) is 0 Å². The molecule has 21 heavy (non-hydrogen) atoms. The van der Waals surface area contributed by atoms with Crippen LogP contribution >= 0.6 is 0 Å². The summed E-state index contributed by atoms with van der Waals surface area (Å²) in [5, 5.41) is 30.2. The van der Waals surface area contributed by atoms with E-state index in [2.05, 4.69) is 13.8 Å². The summed E-state index contributed by atoms with van der Waals surface area (Å²) in [5.74, 6) is 1.66. The van der Waals surface area contributed by atoms with Crippen molar-refractivity contribution in [3.05, 3.63) is 0 Å². The molecule has 124 valence electrons. The third-order valence-electron chi connectivity index (χ3n) is 6.56. The van der Waals surface area contributed by atoms with E-state index in [0.717, 1.165) is 25.7 Å². The first-order valence-electron chi connectivity index (χ1n) is 8.74. The van der Waals surface area contributed by atoms with Crippen LogP contribution in [0.4, 0.5) is 0 Å². The number of rotatable bonds is 5. The lowest BCUT2D eigenvalue weighted by molar-refractivity contribution is -0.0582. The molecule has 0 aromatic heterocycles. The van der Waals surface area contributed by atoms with Crippen molar-refractivity contribution in [1.82, 2.24) is 0 Å². The predicted molar refractivity (Wildman–Crippen MR) is 84.9 cm³/mol. The summed E-state index contributed by atoms with van der Waals surface area (Å²) >= 11 is 0. The number of hydrogen-bond acceptors (Lipinski definition) is 3. The zero-order chi connectivity index (χ0) is 15.8. The molecular weight excluding hydrogens is 264 g/mol. The van der Waals surface area contributed by atoms with Gasteiger partial charge in [-0.05, 0) is 75.5 Å². The van der Waals surface area contributed by atoms with Gasteiger partial charge in [-0.3, -0.25) is 0 Å². The molecule has 0 aliphatic heterocycles. The lowest BCUT2D eigenvalue weighted by Gasteiger charge is -2.45. The first kappa shape index (κ1) is 17.2. The smallest absolute Gasteiger partial charge is 0.0849 e. The van der Waals surface area contributed by atoms with E-state index in [4.69, 9.17) is 0 Å². The van der Waals surface area contributed by atoms with Crippen molar-refractivity contribution in [2.24, 2.45) is 23.2 Å². The van der Waals surface area contributed by atoms with Crippen molar-refractivity contribution >= 4 is 0 Å². The Hall–Kier alpha value is -0.120. The zero-order valence-electron chi connectivity index (χ0n) is 14.2. The van der Waals surface area contributed by atoms with Gasteiger partial charge in [-0.25, -0.2) is 0 Å². The second kappa shape index (κ2) is 6.17. The molecule has 2 saturated carbocycles. The second-order valence-corrected chi connectivity index (χ2v) is 8.48. The van der Waals surface area contributed by atoms with Crippen LogP contribution in [-0.2, 0) is 0 Å². The van der Waals surface area contributed by atoms with Gasteiger partial charge in [0.15, 0.2) is 0 Å². The summed E-state index contributed by atoms with van der Waals surface area (Å²) in [5.41, 5.74) is -0.736. The molecule has 0 aromatic rings. The van der Waals surface area contributed by atoms with E-state index in [1.807, 2.05) is 0 Å². The molecule has 6 unspecified atom stereocenters. The lowest BCUT2D eigenvalue weighted by atomic mass is 9.61. The normalized spacial score (nSPS) is 39.9. The minimum absolute atomic E-state index is 0.108. The van der Waals surface area contributed by atoms with Crippen molar-refractivity contribution in [1.29, 1.82) is 0 Å². The van der Waals surface area contributed by atoms with Gasteiger partial charge >= 0.3 is 0 Å². The van der Waals surface area contributed by atoms with E-state index >= 15 is 0 Å². The number of aliphatic hydroxyl groups excluding tert-OH is 2. The van der Waals surface area contributed by atoms with Gasteiger partial charge in [0.2, 0.25) is 0 Å². The van der Waals surface area contributed by atoms with Crippen molar-refractivity contribution in [2.75, 3.05) is 0 Å². The Morgan fingerprint density at radius 1 is 1.19 bits per heavy atom. The lowest BCUT2D eigenvalue weighted by Crippen LogP contribution is -2.42. The van der Waals surface area contributed by atoms with E-state index in [9.17, 15) is 15.3 Å². The molecule has 3 nitrogen and oxygen atoms in total. The molecule has 0 heterocycles. The van der Waals surface area contributed by atoms with Crippen LogP contribution in [-0.4, -0.2) is 33.1 Å². The summed E-state index contributed by atoms with van der Waals surface area (Å²) in [7, 11) is 0. The average Bonchev–Trinajstić information content (AvgIpc) is 2.73. The summed E-state index contributed by atoms with van der Waals surface area (Å²) in [6.07, 6.45) is 6.56. The fourth-order valence-corrected chi connectivity index (χ4v) is 5.10. The van der Waals surface area contributed by atoms with Crippen LogP contribution in [0, 0.1) is 23.2 Å². The second-order valence-electron chi connectivity index (χ2n) is 8.48. The van der Waals surface area contributed by atoms with Gasteiger partial charge in [-0.15, -0.1) is 0 Å². The molecular formula is C18H34O3. The molecule has 0 saturated heterocycles. The highest BCUT2D eigenvalue weighted by molar-refractivity contribution is 5.01. The van der Waals surface area contributed by atoms with Gasteiger partial charge in [0.05, 0.1) is 17.8 Å². The maximum absolute atomic E-state index is 10.3. The van der Waals surface area contributed by atoms with Gasteiger partial charge < -0.3 is 15.3 Å². The first-order valence-corrected chi connectivity index (χ1v) is 8.74. The van der Waals surface area contributed by atoms with Crippen molar-refractivity contribution < 1.29 is 15.3 Å². The van der Waals surface area contributed by atoms with Crippen LogP contribution in [0.15, 0.2) is 0 Å². The molecule has 2 aliphatic rings. The molecule has 0 radical (unpaired) electrons. The van der Waals surface area contributed by atoms with Crippen LogP contribution in [0.3, 0.4) is 0 Å². The molecule has 2 rings (SSSR count). The monoisotopic (exact) mass is 298 g/mol. The van der Waals surface area contributed by atoms with E-state index in [1.54, 1.807) is 13.8 Å². The summed E-state index contributed by atoms with van der Waals surface area (Å²) in [6.45, 7) is 8.01. The maximum Gasteiger partial charge on any atom is 0.0849 e. The highest BCUT2D eigenvalue weighted by Gasteiger charge is 2.52. The van der Waals surface area contributed by atoms with Gasteiger partial charge in [0, 0.05) is 0 Å². The van der Waals surface area contributed by atoms with Crippen LogP contribution in [0.25, 0.3) is 0 Å². The van der Waals surface area contributed by atoms with Gasteiger partial charge in [0.25, 0.3) is 0 Å². The summed E-state index contributed by atoms with van der Waals surface area (Å²) in [6, 6.07) is 0. The average molecular weight is 298 g/mol. The third kappa shape index (κ3) is 3.46. The molecule has 3 N–H and O–H groups in total. The highest BCUT2D eigenvalue weighted by Crippen LogP contribution is 2.58. The molecule has 2 fully saturated rings. The SMILES string of the molecule is CC(CCC(O)C(C)(C)O)C1CCC2C(O)CCCC12C. The Labute approximate surface area is 129 Å². The zero-order valence-corrected chi connectivity index (χ0v) is 14.2. The van der Waals surface area contributed by atoms with E-state index in [0.29, 0.717) is 24.2 Å². The van der Waals surface area contributed by atoms with E-state index in [1.165, 1.54) is 12.8 Å². The molecule has 6 atom stereocenters. The van der Waals surface area contributed by atoms with Crippen molar-refractivity contribution in [2.45, 2.75) is 90.4 Å². The first-order chi connectivity index (χ1) is 9.66. The van der Waals surface area contributed by atoms with E-state index < -0.39 is 11.7 Å². The van der Waals surface area contributed by atoms with E-state index in [-0.39, 0.29) is 11.5 Å². The van der Waals surface area contributed by atoms with Crippen LogP contribution < -0.4 is 0 Å². The molecule has 0 aromatic carbocycles. The molecule has 2 aliphatic carbocycles. The largest absolute Gasteiger partial charge is 0.393 e. The fraction of sp³-hybridized carbons (Fsp3) is 1.00. The Morgan fingerprint density at radius 2 is 1.86 bits per heavy atom. The molecule has 0 bridgehead atoms. The Balaban J connectivity index is 1.95. The Kier molecular flexibility index (Phi) is 5.07. The van der Waals surface area contributed by atoms with Gasteiger partial charge in [-0.1, -0.05) is 20.3 Å². The third-order valence-corrected chi connectivity index (χ3v) is 6.56.